The standard InChI is InChI=1S/C20H23NO3/c1-3-15-8-7-9-17(12-15)23-14-20(22)21-13-16(4-2)24-19-11-6-5-10-18(19)21/h5-12,16H,3-4,13-14H2,1-2H3. The number of benzene rings is 2. The molecular formula is C20H23NO3. The summed E-state index contributed by atoms with van der Waals surface area (Å²) in [7, 11) is 0. The smallest absolute Gasteiger partial charge is 0.265 e. The van der Waals surface area contributed by atoms with Gasteiger partial charge in [-0.05, 0) is 42.7 Å². The van der Waals surface area contributed by atoms with E-state index in [9.17, 15) is 4.79 Å². The first-order valence-corrected chi connectivity index (χ1v) is 8.49. The van der Waals surface area contributed by atoms with Crippen molar-refractivity contribution in [1.29, 1.82) is 0 Å². The summed E-state index contributed by atoms with van der Waals surface area (Å²) in [5.41, 5.74) is 2.01. The number of rotatable bonds is 5. The monoisotopic (exact) mass is 325 g/mol. The van der Waals surface area contributed by atoms with E-state index in [1.165, 1.54) is 5.56 Å². The Balaban J connectivity index is 1.72. The summed E-state index contributed by atoms with van der Waals surface area (Å²) in [5, 5.41) is 0. The Morgan fingerprint density at radius 2 is 2.04 bits per heavy atom. The van der Waals surface area contributed by atoms with Gasteiger partial charge < -0.3 is 14.4 Å². The lowest BCUT2D eigenvalue weighted by Gasteiger charge is -2.34. The molecule has 126 valence electrons. The molecule has 0 aliphatic carbocycles. The van der Waals surface area contributed by atoms with E-state index in [4.69, 9.17) is 9.47 Å². The molecule has 0 saturated heterocycles. The molecule has 1 atom stereocenters. The summed E-state index contributed by atoms with van der Waals surface area (Å²) in [5.74, 6) is 1.44. The summed E-state index contributed by atoms with van der Waals surface area (Å²) in [6.45, 7) is 4.75. The van der Waals surface area contributed by atoms with E-state index in [1.807, 2.05) is 42.5 Å². The van der Waals surface area contributed by atoms with Crippen molar-refractivity contribution in [1.82, 2.24) is 0 Å². The minimum absolute atomic E-state index is 0.0206. The van der Waals surface area contributed by atoms with Crippen LogP contribution in [0.3, 0.4) is 0 Å². The van der Waals surface area contributed by atoms with Gasteiger partial charge in [-0.1, -0.05) is 38.1 Å². The number of para-hydroxylation sites is 2. The van der Waals surface area contributed by atoms with Gasteiger partial charge in [0.25, 0.3) is 5.91 Å². The average molecular weight is 325 g/mol. The van der Waals surface area contributed by atoms with E-state index < -0.39 is 0 Å². The first kappa shape index (κ1) is 16.4. The lowest BCUT2D eigenvalue weighted by atomic mass is 10.1. The lowest BCUT2D eigenvalue weighted by Crippen LogP contribution is -2.45. The Morgan fingerprint density at radius 3 is 2.83 bits per heavy atom. The van der Waals surface area contributed by atoms with Gasteiger partial charge in [0.2, 0.25) is 0 Å². The number of anilines is 1. The van der Waals surface area contributed by atoms with Crippen molar-refractivity contribution in [3.63, 3.8) is 0 Å². The van der Waals surface area contributed by atoms with Crippen molar-refractivity contribution in [2.45, 2.75) is 32.8 Å². The zero-order valence-electron chi connectivity index (χ0n) is 14.2. The fourth-order valence-electron chi connectivity index (χ4n) is 2.83. The summed E-state index contributed by atoms with van der Waals surface area (Å²) >= 11 is 0. The molecule has 1 unspecified atom stereocenters. The van der Waals surface area contributed by atoms with Crippen LogP contribution in [0, 0.1) is 0 Å². The van der Waals surface area contributed by atoms with E-state index in [1.54, 1.807) is 4.90 Å². The number of amides is 1. The van der Waals surface area contributed by atoms with Crippen LogP contribution in [0.5, 0.6) is 11.5 Å². The fraction of sp³-hybridized carbons (Fsp3) is 0.350. The summed E-state index contributed by atoms with van der Waals surface area (Å²) in [6, 6.07) is 15.5. The number of hydrogen-bond acceptors (Lipinski definition) is 3. The van der Waals surface area contributed by atoms with Crippen LogP contribution in [0.15, 0.2) is 48.5 Å². The van der Waals surface area contributed by atoms with Gasteiger partial charge in [0.05, 0.1) is 12.2 Å². The Labute approximate surface area is 143 Å². The number of carbonyl (C=O) groups excluding carboxylic acids is 1. The van der Waals surface area contributed by atoms with Crippen LogP contribution in [0.25, 0.3) is 0 Å². The molecular weight excluding hydrogens is 302 g/mol. The molecule has 0 saturated carbocycles. The molecule has 2 aromatic rings. The van der Waals surface area contributed by atoms with Gasteiger partial charge >= 0.3 is 0 Å². The van der Waals surface area contributed by atoms with Gasteiger partial charge in [-0.15, -0.1) is 0 Å². The van der Waals surface area contributed by atoms with Crippen molar-refractivity contribution in [2.24, 2.45) is 0 Å². The SMILES string of the molecule is CCc1cccc(OCC(=O)N2CC(CC)Oc3ccccc32)c1. The summed E-state index contributed by atoms with van der Waals surface area (Å²) in [6.07, 6.45) is 1.82. The second kappa shape index (κ2) is 7.39. The highest BCUT2D eigenvalue weighted by molar-refractivity contribution is 5.96. The van der Waals surface area contributed by atoms with Crippen molar-refractivity contribution in [3.8, 4) is 11.5 Å². The third-order valence-corrected chi connectivity index (χ3v) is 4.26. The third kappa shape index (κ3) is 3.53. The molecule has 1 aliphatic heterocycles. The maximum absolute atomic E-state index is 12.7. The van der Waals surface area contributed by atoms with Gasteiger partial charge in [0.1, 0.15) is 17.6 Å². The molecule has 0 fully saturated rings. The van der Waals surface area contributed by atoms with Crippen LogP contribution in [0.2, 0.25) is 0 Å². The maximum Gasteiger partial charge on any atom is 0.265 e. The second-order valence-corrected chi connectivity index (χ2v) is 5.91. The van der Waals surface area contributed by atoms with Gasteiger partial charge in [0, 0.05) is 0 Å². The van der Waals surface area contributed by atoms with Crippen LogP contribution in [0.4, 0.5) is 5.69 Å². The molecule has 0 N–H and O–H groups in total. The normalized spacial score (nSPS) is 16.2. The van der Waals surface area contributed by atoms with Gasteiger partial charge in [-0.2, -0.15) is 0 Å². The van der Waals surface area contributed by atoms with Gasteiger partial charge in [-0.25, -0.2) is 0 Å². The molecule has 3 rings (SSSR count). The number of hydrogen-bond donors (Lipinski definition) is 0. The van der Waals surface area contributed by atoms with Crippen LogP contribution in [0.1, 0.15) is 25.8 Å². The highest BCUT2D eigenvalue weighted by Crippen LogP contribution is 2.33. The molecule has 2 aromatic carbocycles. The zero-order valence-corrected chi connectivity index (χ0v) is 14.2. The van der Waals surface area contributed by atoms with Crippen molar-refractivity contribution >= 4 is 11.6 Å². The van der Waals surface area contributed by atoms with E-state index in [2.05, 4.69) is 19.9 Å². The van der Waals surface area contributed by atoms with E-state index in [0.29, 0.717) is 6.54 Å². The van der Waals surface area contributed by atoms with Gasteiger partial charge in [0.15, 0.2) is 6.61 Å². The van der Waals surface area contributed by atoms with Crippen molar-refractivity contribution in [3.05, 3.63) is 54.1 Å². The van der Waals surface area contributed by atoms with Crippen LogP contribution in [-0.2, 0) is 11.2 Å². The lowest BCUT2D eigenvalue weighted by molar-refractivity contribution is -0.121. The molecule has 1 amide bonds. The predicted octanol–water partition coefficient (Wildman–Crippen LogP) is 3.83. The second-order valence-electron chi connectivity index (χ2n) is 5.91. The first-order valence-electron chi connectivity index (χ1n) is 8.49. The number of nitrogens with zero attached hydrogens (tertiary/aromatic N) is 1. The number of aryl methyl sites for hydroxylation is 1. The van der Waals surface area contributed by atoms with Gasteiger partial charge in [-0.3, -0.25) is 4.79 Å². The number of ether oxygens (including phenoxy) is 2. The number of fused-ring (bicyclic) bond motifs is 1. The quantitative estimate of drug-likeness (QED) is 0.838. The molecule has 0 radical (unpaired) electrons. The molecule has 4 nitrogen and oxygen atoms in total. The van der Waals surface area contributed by atoms with Crippen LogP contribution in [-0.4, -0.2) is 25.2 Å². The molecule has 1 aliphatic rings. The molecule has 4 heteroatoms. The third-order valence-electron chi connectivity index (χ3n) is 4.26. The van der Waals surface area contributed by atoms with E-state index in [0.717, 1.165) is 30.0 Å². The molecule has 0 spiro atoms. The minimum atomic E-state index is -0.0499. The summed E-state index contributed by atoms with van der Waals surface area (Å²) < 4.78 is 11.6. The molecule has 1 heterocycles. The Bertz CT molecular complexity index is 714. The van der Waals surface area contributed by atoms with Crippen molar-refractivity contribution in [2.75, 3.05) is 18.1 Å². The topological polar surface area (TPSA) is 38.8 Å². The highest BCUT2D eigenvalue weighted by atomic mass is 16.5. The Hall–Kier alpha value is -2.49. The molecule has 24 heavy (non-hydrogen) atoms. The zero-order chi connectivity index (χ0) is 16.9. The average Bonchev–Trinajstić information content (AvgIpc) is 2.65. The van der Waals surface area contributed by atoms with Crippen LogP contribution < -0.4 is 14.4 Å². The first-order chi connectivity index (χ1) is 11.7. The molecule has 0 aromatic heterocycles. The Morgan fingerprint density at radius 1 is 1.21 bits per heavy atom. The largest absolute Gasteiger partial charge is 0.486 e. The predicted molar refractivity (Wildman–Crippen MR) is 94.8 cm³/mol. The Kier molecular flexibility index (Phi) is 5.04. The minimum Gasteiger partial charge on any atom is -0.486 e. The number of carbonyl (C=O) groups is 1. The van der Waals surface area contributed by atoms with E-state index >= 15 is 0 Å². The highest BCUT2D eigenvalue weighted by Gasteiger charge is 2.28. The van der Waals surface area contributed by atoms with E-state index in [-0.39, 0.29) is 18.6 Å². The van der Waals surface area contributed by atoms with Crippen molar-refractivity contribution < 1.29 is 14.3 Å². The summed E-state index contributed by atoms with van der Waals surface area (Å²) in [4.78, 5) is 14.5. The fourth-order valence-corrected chi connectivity index (χ4v) is 2.83. The molecule has 0 bridgehead atoms. The maximum atomic E-state index is 12.7. The van der Waals surface area contributed by atoms with Crippen LogP contribution >= 0.6 is 0 Å².